The molecule has 2 heteroatoms. The van der Waals surface area contributed by atoms with E-state index in [1.54, 1.807) is 0 Å². The monoisotopic (exact) mass is 145 g/mol. The van der Waals surface area contributed by atoms with Crippen molar-refractivity contribution < 1.29 is 0 Å². The molecule has 1 N–H and O–H groups in total. The smallest absolute Gasteiger partial charge is 0.0313 e. The van der Waals surface area contributed by atoms with E-state index in [9.17, 15) is 0 Å². The van der Waals surface area contributed by atoms with Crippen LogP contribution in [0, 0.1) is 5.92 Å². The molecule has 0 aliphatic rings. The summed E-state index contributed by atoms with van der Waals surface area (Å²) in [5, 5.41) is 3.25. The van der Waals surface area contributed by atoms with Crippen molar-refractivity contribution in [1.82, 2.24) is 5.32 Å². The third-order valence-corrected chi connectivity index (χ3v) is 1.72. The van der Waals surface area contributed by atoms with Crippen LogP contribution in [0.1, 0.15) is 13.8 Å². The van der Waals surface area contributed by atoms with E-state index in [2.05, 4.69) is 32.4 Å². The molecule has 1 nitrogen and oxygen atoms in total. The molecule has 0 aromatic heterocycles. The lowest BCUT2D eigenvalue weighted by Crippen LogP contribution is -2.14. The number of nitrogens with one attached hydrogen (secondary N) is 1. The lowest BCUT2D eigenvalue weighted by molar-refractivity contribution is 0.696. The highest BCUT2D eigenvalue weighted by molar-refractivity contribution is 7.36. The van der Waals surface area contributed by atoms with Crippen LogP contribution in [0.5, 0.6) is 0 Å². The van der Waals surface area contributed by atoms with Crippen LogP contribution in [-0.2, 0) is 0 Å². The van der Waals surface area contributed by atoms with Gasteiger partial charge < -0.3 is 5.32 Å². The van der Waals surface area contributed by atoms with E-state index in [4.69, 9.17) is 0 Å². The van der Waals surface area contributed by atoms with Gasteiger partial charge in [-0.2, -0.15) is 0 Å². The van der Waals surface area contributed by atoms with Crippen molar-refractivity contribution in [2.24, 2.45) is 5.92 Å². The average molecular weight is 145 g/mol. The lowest BCUT2D eigenvalue weighted by atomic mass is 10.2. The van der Waals surface area contributed by atoms with E-state index in [0.717, 1.165) is 20.6 Å². The summed E-state index contributed by atoms with van der Waals surface area (Å²) in [7, 11) is 0.971. The second-order valence-corrected chi connectivity index (χ2v) is 3.45. The highest BCUT2D eigenvalue weighted by Gasteiger charge is 1.95. The quantitative estimate of drug-likeness (QED) is 0.597. The molecule has 0 fully saturated rings. The Morgan fingerprint density at radius 3 is 2.56 bits per heavy atom. The topological polar surface area (TPSA) is 12.0 Å². The summed E-state index contributed by atoms with van der Waals surface area (Å²) in [5.74, 6) is 0.571. The summed E-state index contributed by atoms with van der Waals surface area (Å²) in [4.78, 5) is 0. The van der Waals surface area contributed by atoms with Gasteiger partial charge in [0.15, 0.2) is 0 Å². The summed E-state index contributed by atoms with van der Waals surface area (Å²) in [6.45, 7) is 10.4. The van der Waals surface area contributed by atoms with Crippen molar-refractivity contribution in [3.05, 3.63) is 12.3 Å². The molecule has 0 heterocycles. The molecule has 0 amide bonds. The van der Waals surface area contributed by atoms with Gasteiger partial charge in [-0.05, 0) is 12.6 Å². The van der Waals surface area contributed by atoms with Crippen molar-refractivity contribution in [1.29, 1.82) is 0 Å². The summed E-state index contributed by atoms with van der Waals surface area (Å²) in [6, 6.07) is 0. The van der Waals surface area contributed by atoms with Crippen molar-refractivity contribution in [2.45, 2.75) is 13.8 Å². The van der Waals surface area contributed by atoms with Crippen molar-refractivity contribution in [2.75, 3.05) is 13.0 Å². The van der Waals surface area contributed by atoms with Crippen LogP contribution in [0.3, 0.4) is 0 Å². The van der Waals surface area contributed by atoms with Gasteiger partial charge in [-0.15, -0.1) is 8.58 Å². The SMILES string of the molecule is C=C(NCPC)C(C)C. The summed E-state index contributed by atoms with van der Waals surface area (Å²) in [6.07, 6.45) is 1.08. The Morgan fingerprint density at radius 2 is 2.22 bits per heavy atom. The van der Waals surface area contributed by atoms with E-state index in [1.807, 2.05) is 0 Å². The van der Waals surface area contributed by atoms with Gasteiger partial charge in [-0.1, -0.05) is 20.4 Å². The van der Waals surface area contributed by atoms with E-state index in [-0.39, 0.29) is 0 Å². The van der Waals surface area contributed by atoms with Crippen LogP contribution in [0.15, 0.2) is 12.3 Å². The zero-order valence-electron chi connectivity index (χ0n) is 6.49. The maximum Gasteiger partial charge on any atom is 0.0313 e. The highest BCUT2D eigenvalue weighted by Crippen LogP contribution is 2.05. The van der Waals surface area contributed by atoms with Crippen LogP contribution < -0.4 is 5.32 Å². The van der Waals surface area contributed by atoms with Gasteiger partial charge in [0, 0.05) is 12.0 Å². The van der Waals surface area contributed by atoms with Crippen molar-refractivity contribution in [3.8, 4) is 0 Å². The predicted molar refractivity (Wildman–Crippen MR) is 46.2 cm³/mol. The van der Waals surface area contributed by atoms with Gasteiger partial charge in [-0.3, -0.25) is 0 Å². The molecular weight excluding hydrogens is 129 g/mol. The van der Waals surface area contributed by atoms with E-state index >= 15 is 0 Å². The fourth-order valence-corrected chi connectivity index (χ4v) is 0.810. The molecule has 0 aliphatic carbocycles. The Balaban J connectivity index is 3.28. The second kappa shape index (κ2) is 4.81. The molecule has 0 spiro atoms. The minimum atomic E-state index is 0.571. The first-order valence-corrected chi connectivity index (χ1v) is 4.96. The first kappa shape index (κ1) is 8.97. The first-order valence-electron chi connectivity index (χ1n) is 3.25. The van der Waals surface area contributed by atoms with Crippen LogP contribution in [0.25, 0.3) is 0 Å². The number of rotatable bonds is 4. The molecular formula is C7H16NP. The summed E-state index contributed by atoms with van der Waals surface area (Å²) in [5.41, 5.74) is 1.16. The minimum Gasteiger partial charge on any atom is -0.385 e. The molecule has 54 valence electrons. The maximum atomic E-state index is 3.89. The summed E-state index contributed by atoms with van der Waals surface area (Å²) >= 11 is 0. The molecule has 9 heavy (non-hydrogen) atoms. The highest BCUT2D eigenvalue weighted by atomic mass is 31.1. The van der Waals surface area contributed by atoms with Gasteiger partial charge in [0.25, 0.3) is 0 Å². The first-order chi connectivity index (χ1) is 4.18. The Hall–Kier alpha value is -0.0300. The molecule has 0 saturated heterocycles. The number of allylic oxidation sites excluding steroid dienone is 1. The molecule has 0 aliphatic heterocycles. The Kier molecular flexibility index (Phi) is 4.80. The van der Waals surface area contributed by atoms with Crippen LogP contribution in [0.4, 0.5) is 0 Å². The van der Waals surface area contributed by atoms with Gasteiger partial charge in [0.2, 0.25) is 0 Å². The zero-order chi connectivity index (χ0) is 7.28. The molecule has 0 saturated carbocycles. The second-order valence-electron chi connectivity index (χ2n) is 2.39. The standard InChI is InChI=1S/C7H16NP/c1-6(2)7(3)8-5-9-4/h6,8-9H,3,5H2,1-2,4H3. The summed E-state index contributed by atoms with van der Waals surface area (Å²) < 4.78 is 0. The Morgan fingerprint density at radius 1 is 1.67 bits per heavy atom. The van der Waals surface area contributed by atoms with E-state index in [1.165, 1.54) is 0 Å². The van der Waals surface area contributed by atoms with Crippen LogP contribution >= 0.6 is 8.58 Å². The molecule has 1 atom stereocenters. The van der Waals surface area contributed by atoms with E-state index < -0.39 is 0 Å². The normalized spacial score (nSPS) is 11.1. The fourth-order valence-electron chi connectivity index (χ4n) is 0.406. The average Bonchev–Trinajstić information content (AvgIpc) is 1.82. The zero-order valence-corrected chi connectivity index (χ0v) is 7.49. The Labute approximate surface area is 59.7 Å². The fraction of sp³-hybridized carbons (Fsp3) is 0.714. The van der Waals surface area contributed by atoms with Crippen LogP contribution in [-0.4, -0.2) is 13.0 Å². The van der Waals surface area contributed by atoms with Crippen molar-refractivity contribution in [3.63, 3.8) is 0 Å². The molecule has 0 radical (unpaired) electrons. The lowest BCUT2D eigenvalue weighted by Gasteiger charge is -2.10. The Bertz CT molecular complexity index is 88.9. The third-order valence-electron chi connectivity index (χ3n) is 1.19. The van der Waals surface area contributed by atoms with Gasteiger partial charge in [-0.25, -0.2) is 0 Å². The number of hydrogen-bond donors (Lipinski definition) is 1. The molecule has 0 bridgehead atoms. The number of hydrogen-bond acceptors (Lipinski definition) is 1. The third kappa shape index (κ3) is 4.47. The minimum absolute atomic E-state index is 0.571. The molecule has 0 aromatic carbocycles. The molecule has 0 aromatic rings. The van der Waals surface area contributed by atoms with Gasteiger partial charge in [0.1, 0.15) is 0 Å². The van der Waals surface area contributed by atoms with Gasteiger partial charge >= 0.3 is 0 Å². The van der Waals surface area contributed by atoms with Crippen molar-refractivity contribution >= 4 is 8.58 Å². The maximum absolute atomic E-state index is 3.89. The van der Waals surface area contributed by atoms with Gasteiger partial charge in [0.05, 0.1) is 0 Å². The predicted octanol–water partition coefficient (Wildman–Crippen LogP) is 2.01. The van der Waals surface area contributed by atoms with E-state index in [0.29, 0.717) is 5.92 Å². The molecule has 1 unspecified atom stereocenters. The van der Waals surface area contributed by atoms with Crippen LogP contribution in [0.2, 0.25) is 0 Å². The molecule has 0 rings (SSSR count). The largest absolute Gasteiger partial charge is 0.385 e.